The maximum Gasteiger partial charge on any atom is 0.292 e. The van der Waals surface area contributed by atoms with Gasteiger partial charge in [-0.05, 0) is 6.42 Å². The number of nitrogens with two attached hydrogens (primary N) is 1. The summed E-state index contributed by atoms with van der Waals surface area (Å²) in [6.45, 7) is 1.86. The van der Waals surface area contributed by atoms with Crippen molar-refractivity contribution in [2.45, 2.75) is 18.8 Å². The molecule has 1 saturated heterocycles. The number of anilines is 1. The lowest BCUT2D eigenvalue weighted by molar-refractivity contribution is 0.398. The van der Waals surface area contributed by atoms with Gasteiger partial charge in [0.2, 0.25) is 0 Å². The van der Waals surface area contributed by atoms with Crippen molar-refractivity contribution < 1.29 is 12.8 Å². The molecule has 5 nitrogen and oxygen atoms in total. The van der Waals surface area contributed by atoms with E-state index in [0.29, 0.717) is 12.2 Å². The summed E-state index contributed by atoms with van der Waals surface area (Å²) in [7, 11) is -2.92. The van der Waals surface area contributed by atoms with Crippen LogP contribution in [0.25, 0.3) is 0 Å². The maximum atomic E-state index is 11.3. The standard InChI is InChI=1S/C8H12N2O3S/c1-8(2-3-14(11,12)5-8)6-4-10-7(9)13-6/h4H,2-3,5H2,1H3,(H2,9,10). The quantitative estimate of drug-likeness (QED) is 0.731. The van der Waals surface area contributed by atoms with Gasteiger partial charge in [-0.15, -0.1) is 0 Å². The van der Waals surface area contributed by atoms with Gasteiger partial charge >= 0.3 is 0 Å². The summed E-state index contributed by atoms with van der Waals surface area (Å²) in [5, 5.41) is 0. The van der Waals surface area contributed by atoms with Crippen molar-refractivity contribution in [2.75, 3.05) is 17.2 Å². The molecular weight excluding hydrogens is 204 g/mol. The molecule has 2 heterocycles. The number of rotatable bonds is 1. The molecule has 1 aliphatic heterocycles. The van der Waals surface area contributed by atoms with Crippen molar-refractivity contribution in [3.8, 4) is 0 Å². The molecule has 1 fully saturated rings. The second-order valence-corrected chi connectivity index (χ2v) is 6.15. The SMILES string of the molecule is CC1(c2cnc(N)o2)CCS(=O)(=O)C1. The average molecular weight is 216 g/mol. The Labute approximate surface area is 82.2 Å². The highest BCUT2D eigenvalue weighted by Gasteiger charge is 2.42. The number of nitrogen functional groups attached to an aromatic ring is 1. The summed E-state index contributed by atoms with van der Waals surface area (Å²) in [6, 6.07) is 0.0884. The highest BCUT2D eigenvalue weighted by molar-refractivity contribution is 7.91. The van der Waals surface area contributed by atoms with E-state index in [1.807, 2.05) is 6.92 Å². The van der Waals surface area contributed by atoms with E-state index < -0.39 is 15.3 Å². The van der Waals surface area contributed by atoms with Crippen LogP contribution in [0.2, 0.25) is 0 Å². The largest absolute Gasteiger partial charge is 0.428 e. The van der Waals surface area contributed by atoms with Crippen LogP contribution in [0.3, 0.4) is 0 Å². The van der Waals surface area contributed by atoms with E-state index >= 15 is 0 Å². The van der Waals surface area contributed by atoms with Crippen molar-refractivity contribution >= 4 is 15.9 Å². The van der Waals surface area contributed by atoms with Crippen LogP contribution in [-0.4, -0.2) is 24.9 Å². The van der Waals surface area contributed by atoms with Crippen LogP contribution in [0.5, 0.6) is 0 Å². The smallest absolute Gasteiger partial charge is 0.292 e. The van der Waals surface area contributed by atoms with Gasteiger partial charge in [0.15, 0.2) is 9.84 Å². The fourth-order valence-electron chi connectivity index (χ4n) is 1.77. The molecule has 1 aromatic rings. The first-order chi connectivity index (χ1) is 6.41. The summed E-state index contributed by atoms with van der Waals surface area (Å²) in [5.41, 5.74) is 4.89. The lowest BCUT2D eigenvalue weighted by Gasteiger charge is -2.17. The fraction of sp³-hybridized carbons (Fsp3) is 0.625. The van der Waals surface area contributed by atoms with Crippen molar-refractivity contribution in [1.82, 2.24) is 4.98 Å². The minimum Gasteiger partial charge on any atom is -0.428 e. The summed E-state index contributed by atoms with van der Waals surface area (Å²) >= 11 is 0. The summed E-state index contributed by atoms with van der Waals surface area (Å²) in [4.78, 5) is 3.77. The van der Waals surface area contributed by atoms with Crippen LogP contribution in [-0.2, 0) is 15.3 Å². The predicted octanol–water partition coefficient (Wildman–Crippen LogP) is 0.333. The van der Waals surface area contributed by atoms with Crippen molar-refractivity contribution in [3.05, 3.63) is 12.0 Å². The summed E-state index contributed by atoms with van der Waals surface area (Å²) < 4.78 is 27.8. The molecule has 1 atom stereocenters. The third kappa shape index (κ3) is 1.50. The lowest BCUT2D eigenvalue weighted by atomic mass is 9.88. The highest BCUT2D eigenvalue weighted by Crippen LogP contribution is 2.36. The predicted molar refractivity (Wildman–Crippen MR) is 51.5 cm³/mol. The topological polar surface area (TPSA) is 86.2 Å². The van der Waals surface area contributed by atoms with Gasteiger partial charge < -0.3 is 10.2 Å². The molecule has 78 valence electrons. The second kappa shape index (κ2) is 2.73. The molecule has 0 aliphatic carbocycles. The van der Waals surface area contributed by atoms with Gasteiger partial charge in [-0.25, -0.2) is 13.4 Å². The Morgan fingerprint density at radius 3 is 2.79 bits per heavy atom. The van der Waals surface area contributed by atoms with E-state index in [1.54, 1.807) is 0 Å². The number of hydrogen-bond acceptors (Lipinski definition) is 5. The highest BCUT2D eigenvalue weighted by atomic mass is 32.2. The zero-order valence-electron chi connectivity index (χ0n) is 7.86. The van der Waals surface area contributed by atoms with Crippen molar-refractivity contribution in [2.24, 2.45) is 0 Å². The van der Waals surface area contributed by atoms with Gasteiger partial charge in [0.1, 0.15) is 5.76 Å². The Balaban J connectivity index is 2.36. The molecule has 6 heteroatoms. The normalized spacial score (nSPS) is 30.6. The minimum absolute atomic E-state index is 0.0884. The summed E-state index contributed by atoms with van der Waals surface area (Å²) in [6.07, 6.45) is 2.08. The van der Waals surface area contributed by atoms with E-state index in [9.17, 15) is 8.42 Å². The second-order valence-electron chi connectivity index (χ2n) is 3.97. The van der Waals surface area contributed by atoms with Gasteiger partial charge in [-0.1, -0.05) is 6.92 Å². The van der Waals surface area contributed by atoms with Gasteiger partial charge in [-0.2, -0.15) is 0 Å². The minimum atomic E-state index is -2.92. The molecule has 2 N–H and O–H groups in total. The van der Waals surface area contributed by atoms with Crippen LogP contribution in [0, 0.1) is 0 Å². The Kier molecular flexibility index (Phi) is 1.85. The molecule has 0 saturated carbocycles. The monoisotopic (exact) mass is 216 g/mol. The fourth-order valence-corrected chi connectivity index (χ4v) is 3.93. The van der Waals surface area contributed by atoms with Gasteiger partial charge in [0.05, 0.1) is 17.7 Å². The van der Waals surface area contributed by atoms with Crippen LogP contribution < -0.4 is 5.73 Å². The zero-order chi connectivity index (χ0) is 10.4. The average Bonchev–Trinajstić information content (AvgIpc) is 2.57. The maximum absolute atomic E-state index is 11.3. The molecule has 0 spiro atoms. The molecule has 1 aromatic heterocycles. The molecule has 0 amide bonds. The van der Waals surface area contributed by atoms with Gasteiger partial charge in [0, 0.05) is 5.41 Å². The van der Waals surface area contributed by atoms with E-state index in [1.165, 1.54) is 6.20 Å². The number of aromatic nitrogens is 1. The van der Waals surface area contributed by atoms with E-state index in [0.717, 1.165) is 0 Å². The molecule has 0 radical (unpaired) electrons. The lowest BCUT2D eigenvalue weighted by Crippen LogP contribution is -2.22. The first-order valence-corrected chi connectivity index (χ1v) is 6.16. The molecule has 14 heavy (non-hydrogen) atoms. The summed E-state index contributed by atoms with van der Waals surface area (Å²) in [5.74, 6) is 0.898. The Bertz CT molecular complexity index is 451. The number of hydrogen-bond donors (Lipinski definition) is 1. The van der Waals surface area contributed by atoms with Crippen molar-refractivity contribution in [1.29, 1.82) is 0 Å². The molecule has 0 bridgehead atoms. The third-order valence-electron chi connectivity index (χ3n) is 2.62. The van der Waals surface area contributed by atoms with E-state index in [2.05, 4.69) is 4.98 Å². The molecule has 2 rings (SSSR count). The Morgan fingerprint density at radius 2 is 2.36 bits per heavy atom. The number of nitrogens with zero attached hydrogens (tertiary/aromatic N) is 1. The Morgan fingerprint density at radius 1 is 1.64 bits per heavy atom. The Hall–Kier alpha value is -1.04. The first kappa shape index (κ1) is 9.51. The van der Waals surface area contributed by atoms with E-state index in [-0.39, 0.29) is 17.5 Å². The van der Waals surface area contributed by atoms with E-state index in [4.69, 9.17) is 10.2 Å². The van der Waals surface area contributed by atoms with Crippen LogP contribution in [0.15, 0.2) is 10.6 Å². The zero-order valence-corrected chi connectivity index (χ0v) is 8.67. The van der Waals surface area contributed by atoms with Crippen LogP contribution >= 0.6 is 0 Å². The number of oxazole rings is 1. The number of sulfone groups is 1. The van der Waals surface area contributed by atoms with Gasteiger partial charge in [-0.3, -0.25) is 0 Å². The first-order valence-electron chi connectivity index (χ1n) is 4.34. The van der Waals surface area contributed by atoms with Crippen LogP contribution in [0.4, 0.5) is 6.01 Å². The molecule has 1 aliphatic rings. The van der Waals surface area contributed by atoms with Crippen molar-refractivity contribution in [3.63, 3.8) is 0 Å². The van der Waals surface area contributed by atoms with Gasteiger partial charge in [0.25, 0.3) is 6.01 Å². The van der Waals surface area contributed by atoms with Crippen LogP contribution in [0.1, 0.15) is 19.1 Å². The molecule has 0 aromatic carbocycles. The molecular formula is C8H12N2O3S. The third-order valence-corrected chi connectivity index (χ3v) is 4.52. The molecule has 1 unspecified atom stereocenters.